The van der Waals surface area contributed by atoms with E-state index in [1.165, 1.54) is 42.4 Å². The van der Waals surface area contributed by atoms with Crippen LogP contribution in [0.15, 0.2) is 29.3 Å². The van der Waals surface area contributed by atoms with Crippen molar-refractivity contribution in [3.8, 4) is 0 Å². The second-order valence-corrected chi connectivity index (χ2v) is 9.08. The molecule has 0 bridgehead atoms. The highest BCUT2D eigenvalue weighted by Crippen LogP contribution is 2.34. The van der Waals surface area contributed by atoms with E-state index >= 15 is 0 Å². The predicted octanol–water partition coefficient (Wildman–Crippen LogP) is 3.79. The summed E-state index contributed by atoms with van der Waals surface area (Å²) in [7, 11) is 0. The molecule has 2 amide bonds. The third kappa shape index (κ3) is 4.64. The first kappa shape index (κ1) is 20.6. The number of nitrogens with zero attached hydrogens (tertiary/aromatic N) is 3. The number of hydrogen-bond acceptors (Lipinski definition) is 6. The van der Waals surface area contributed by atoms with Gasteiger partial charge in [0.15, 0.2) is 5.16 Å². The first-order chi connectivity index (χ1) is 13.5. The summed E-state index contributed by atoms with van der Waals surface area (Å²) in [4.78, 5) is 24.0. The maximum absolute atomic E-state index is 12.6. The molecule has 150 valence electrons. The van der Waals surface area contributed by atoms with E-state index in [0.717, 1.165) is 18.7 Å². The SMILES string of the molecule is C=CCn1c(S[C@@H](C)C(=O)Nc2sccc2C(N)=O)nnc1C1CCCCC1. The predicted molar refractivity (Wildman–Crippen MR) is 113 cm³/mol. The fourth-order valence-corrected chi connectivity index (χ4v) is 5.04. The smallest absolute Gasteiger partial charge is 0.251 e. The summed E-state index contributed by atoms with van der Waals surface area (Å²) in [6, 6.07) is 1.61. The van der Waals surface area contributed by atoms with E-state index in [9.17, 15) is 9.59 Å². The topological polar surface area (TPSA) is 103 Å². The maximum atomic E-state index is 12.6. The molecule has 0 saturated heterocycles. The van der Waals surface area contributed by atoms with Crippen molar-refractivity contribution in [1.29, 1.82) is 0 Å². The first-order valence-corrected chi connectivity index (χ1v) is 11.2. The molecule has 1 saturated carbocycles. The van der Waals surface area contributed by atoms with Crippen LogP contribution in [0.25, 0.3) is 0 Å². The van der Waals surface area contributed by atoms with Crippen molar-refractivity contribution in [3.05, 3.63) is 35.5 Å². The number of thioether (sulfide) groups is 1. The van der Waals surface area contributed by atoms with Crippen molar-refractivity contribution in [2.45, 2.75) is 61.9 Å². The highest BCUT2D eigenvalue weighted by Gasteiger charge is 2.25. The monoisotopic (exact) mass is 419 g/mol. The van der Waals surface area contributed by atoms with Gasteiger partial charge in [-0.1, -0.05) is 37.1 Å². The largest absolute Gasteiger partial charge is 0.366 e. The quantitative estimate of drug-likeness (QED) is 0.500. The zero-order valence-corrected chi connectivity index (χ0v) is 17.5. The number of nitrogens with two attached hydrogens (primary N) is 1. The minimum Gasteiger partial charge on any atom is -0.366 e. The Labute approximate surface area is 172 Å². The zero-order valence-electron chi connectivity index (χ0n) is 15.9. The van der Waals surface area contributed by atoms with Gasteiger partial charge in [-0.05, 0) is 31.2 Å². The average molecular weight is 420 g/mol. The molecule has 1 atom stereocenters. The van der Waals surface area contributed by atoms with Crippen molar-refractivity contribution >= 4 is 39.9 Å². The highest BCUT2D eigenvalue weighted by molar-refractivity contribution is 8.00. The lowest BCUT2D eigenvalue weighted by atomic mass is 9.89. The van der Waals surface area contributed by atoms with Crippen LogP contribution in [-0.2, 0) is 11.3 Å². The number of aromatic nitrogens is 3. The van der Waals surface area contributed by atoms with Gasteiger partial charge >= 0.3 is 0 Å². The molecule has 1 aliphatic carbocycles. The second kappa shape index (κ2) is 9.38. The van der Waals surface area contributed by atoms with Crippen LogP contribution in [0.4, 0.5) is 5.00 Å². The summed E-state index contributed by atoms with van der Waals surface area (Å²) in [6.45, 7) is 6.27. The molecule has 0 aliphatic heterocycles. The number of primary amides is 1. The number of thiophene rings is 1. The van der Waals surface area contributed by atoms with Gasteiger partial charge in [-0.15, -0.1) is 28.1 Å². The van der Waals surface area contributed by atoms with Crippen LogP contribution in [0.1, 0.15) is 61.1 Å². The zero-order chi connectivity index (χ0) is 20.1. The van der Waals surface area contributed by atoms with E-state index in [1.54, 1.807) is 11.4 Å². The molecule has 0 spiro atoms. The second-order valence-electron chi connectivity index (χ2n) is 6.85. The summed E-state index contributed by atoms with van der Waals surface area (Å²) >= 11 is 2.63. The van der Waals surface area contributed by atoms with Gasteiger partial charge in [-0.2, -0.15) is 0 Å². The van der Waals surface area contributed by atoms with E-state index in [0.29, 0.717) is 28.2 Å². The standard InChI is InChI=1S/C19H25N5O2S2/c1-3-10-24-16(13-7-5-4-6-8-13)22-23-19(24)28-12(2)17(26)21-18-14(15(20)25)9-11-27-18/h3,9,11-13H,1,4-8,10H2,2H3,(H2,20,25)(H,21,26)/t12-/m0/s1. The molecule has 1 fully saturated rings. The summed E-state index contributed by atoms with van der Waals surface area (Å²) in [5.41, 5.74) is 5.67. The lowest BCUT2D eigenvalue weighted by Crippen LogP contribution is -2.24. The van der Waals surface area contributed by atoms with E-state index in [1.807, 2.05) is 13.0 Å². The minimum absolute atomic E-state index is 0.206. The number of carbonyl (C=O) groups excluding carboxylic acids is 2. The first-order valence-electron chi connectivity index (χ1n) is 9.40. The van der Waals surface area contributed by atoms with Gasteiger partial charge in [0.1, 0.15) is 10.8 Å². The van der Waals surface area contributed by atoms with Crippen LogP contribution in [0, 0.1) is 0 Å². The highest BCUT2D eigenvalue weighted by atomic mass is 32.2. The van der Waals surface area contributed by atoms with Crippen molar-refractivity contribution in [2.24, 2.45) is 5.73 Å². The maximum Gasteiger partial charge on any atom is 0.251 e. The molecule has 1 aliphatic rings. The number of hydrogen-bond donors (Lipinski definition) is 2. The van der Waals surface area contributed by atoms with Gasteiger partial charge in [0.2, 0.25) is 5.91 Å². The van der Waals surface area contributed by atoms with Crippen LogP contribution >= 0.6 is 23.1 Å². The molecule has 0 unspecified atom stereocenters. The molecular weight excluding hydrogens is 394 g/mol. The van der Waals surface area contributed by atoms with Gasteiger partial charge in [0, 0.05) is 12.5 Å². The Morgan fingerprint density at radius 2 is 2.18 bits per heavy atom. The van der Waals surface area contributed by atoms with Crippen molar-refractivity contribution in [1.82, 2.24) is 14.8 Å². The Kier molecular flexibility index (Phi) is 6.90. The van der Waals surface area contributed by atoms with Crippen molar-refractivity contribution in [2.75, 3.05) is 5.32 Å². The summed E-state index contributed by atoms with van der Waals surface area (Å²) < 4.78 is 2.07. The molecule has 0 radical (unpaired) electrons. The molecule has 7 nitrogen and oxygen atoms in total. The van der Waals surface area contributed by atoms with E-state index in [-0.39, 0.29) is 5.91 Å². The molecule has 3 N–H and O–H groups in total. The van der Waals surface area contributed by atoms with E-state index < -0.39 is 11.2 Å². The van der Waals surface area contributed by atoms with Crippen LogP contribution in [-0.4, -0.2) is 31.8 Å². The lowest BCUT2D eigenvalue weighted by Gasteiger charge is -2.21. The Morgan fingerprint density at radius 1 is 1.43 bits per heavy atom. The molecule has 2 aromatic rings. The number of anilines is 1. The van der Waals surface area contributed by atoms with E-state index in [2.05, 4.69) is 26.7 Å². The van der Waals surface area contributed by atoms with E-state index in [4.69, 9.17) is 5.73 Å². The minimum atomic E-state index is -0.556. The molecule has 2 heterocycles. The van der Waals surface area contributed by atoms with Gasteiger partial charge in [-0.25, -0.2) is 0 Å². The normalized spacial score (nSPS) is 15.9. The van der Waals surface area contributed by atoms with Gasteiger partial charge in [0.05, 0.1) is 10.8 Å². The third-order valence-corrected chi connectivity index (χ3v) is 6.76. The van der Waals surface area contributed by atoms with Crippen LogP contribution < -0.4 is 11.1 Å². The fraction of sp³-hybridized carbons (Fsp3) is 0.474. The van der Waals surface area contributed by atoms with Gasteiger partial charge < -0.3 is 15.6 Å². The molecule has 0 aromatic carbocycles. The number of amides is 2. The third-order valence-electron chi connectivity index (χ3n) is 4.85. The molecule has 9 heteroatoms. The Hall–Kier alpha value is -2.13. The van der Waals surface area contributed by atoms with Crippen molar-refractivity contribution in [3.63, 3.8) is 0 Å². The number of carbonyl (C=O) groups is 2. The lowest BCUT2D eigenvalue weighted by molar-refractivity contribution is -0.115. The van der Waals surface area contributed by atoms with Crippen molar-refractivity contribution < 1.29 is 9.59 Å². The van der Waals surface area contributed by atoms with Crippen LogP contribution in [0.2, 0.25) is 0 Å². The summed E-state index contributed by atoms with van der Waals surface area (Å²) in [5, 5.41) is 14.1. The number of rotatable bonds is 8. The molecule has 28 heavy (non-hydrogen) atoms. The Balaban J connectivity index is 1.72. The molecule has 3 rings (SSSR count). The average Bonchev–Trinajstić information content (AvgIpc) is 3.30. The Bertz CT molecular complexity index is 854. The van der Waals surface area contributed by atoms with Gasteiger partial charge in [-0.3, -0.25) is 9.59 Å². The number of allylic oxidation sites excluding steroid dienone is 1. The number of nitrogens with one attached hydrogen (secondary N) is 1. The molecule has 2 aromatic heterocycles. The van der Waals surface area contributed by atoms with Gasteiger partial charge in [0.25, 0.3) is 5.91 Å². The Morgan fingerprint density at radius 3 is 2.86 bits per heavy atom. The van der Waals surface area contributed by atoms with Crippen LogP contribution in [0.3, 0.4) is 0 Å². The van der Waals surface area contributed by atoms with Crippen LogP contribution in [0.5, 0.6) is 0 Å². The molecular formula is C19H25N5O2S2. The fourth-order valence-electron chi connectivity index (χ4n) is 3.38. The summed E-state index contributed by atoms with van der Waals surface area (Å²) in [5.74, 6) is 0.648. The summed E-state index contributed by atoms with van der Waals surface area (Å²) in [6.07, 6.45) is 7.80.